The molecule has 0 saturated heterocycles. The molecule has 1 heterocycles. The van der Waals surface area contributed by atoms with Crippen molar-refractivity contribution in [1.82, 2.24) is 10.2 Å². The van der Waals surface area contributed by atoms with Crippen LogP contribution in [0.2, 0.25) is 0 Å². The largest absolute Gasteiger partial charge is 0.496 e. The van der Waals surface area contributed by atoms with Crippen molar-refractivity contribution in [2.24, 2.45) is 0 Å². The van der Waals surface area contributed by atoms with Crippen molar-refractivity contribution in [3.63, 3.8) is 0 Å². The summed E-state index contributed by atoms with van der Waals surface area (Å²) in [6.07, 6.45) is -3.29. The van der Waals surface area contributed by atoms with E-state index >= 15 is 0 Å². The Morgan fingerprint density at radius 3 is 2.67 bits per heavy atom. The second-order valence-electron chi connectivity index (χ2n) is 5.62. The maximum Gasteiger partial charge on any atom is 0.401 e. The van der Waals surface area contributed by atoms with E-state index in [1.54, 1.807) is 7.11 Å². The molecule has 1 aromatic carbocycles. The molecule has 118 valence electrons. The lowest BCUT2D eigenvalue weighted by atomic mass is 9.93. The van der Waals surface area contributed by atoms with E-state index in [-0.39, 0.29) is 6.54 Å². The molecule has 0 aromatic heterocycles. The summed E-state index contributed by atoms with van der Waals surface area (Å²) in [6.45, 7) is 2.14. The lowest BCUT2D eigenvalue weighted by Crippen LogP contribution is -2.35. The Bertz CT molecular complexity index is 502. The number of halogens is 3. The summed E-state index contributed by atoms with van der Waals surface area (Å²) in [6, 6.07) is 4.35. The topological polar surface area (TPSA) is 24.5 Å². The first-order valence-corrected chi connectivity index (χ1v) is 6.96. The summed E-state index contributed by atoms with van der Waals surface area (Å²) < 4.78 is 41.9. The normalized spacial score (nSPS) is 19.4. The van der Waals surface area contributed by atoms with Gasteiger partial charge in [-0.05, 0) is 37.6 Å². The van der Waals surface area contributed by atoms with Crippen molar-refractivity contribution in [2.75, 3.05) is 20.7 Å². The molecule has 1 N–H and O–H groups in total. The Morgan fingerprint density at radius 2 is 2.05 bits per heavy atom. The lowest BCUT2D eigenvalue weighted by Gasteiger charge is -2.32. The third-order valence-electron chi connectivity index (χ3n) is 3.93. The zero-order chi connectivity index (χ0) is 15.6. The van der Waals surface area contributed by atoms with Gasteiger partial charge in [-0.1, -0.05) is 6.07 Å². The van der Waals surface area contributed by atoms with Gasteiger partial charge in [0.05, 0.1) is 13.7 Å². The number of hydrogen-bond donors (Lipinski definition) is 1. The number of methoxy groups -OCH3 is 1. The fraction of sp³-hybridized carbons (Fsp3) is 0.600. The molecule has 0 amide bonds. The van der Waals surface area contributed by atoms with E-state index in [1.165, 1.54) is 11.1 Å². The number of fused-ring (bicyclic) bond motifs is 1. The monoisotopic (exact) mass is 302 g/mol. The first-order chi connectivity index (χ1) is 9.80. The van der Waals surface area contributed by atoms with E-state index in [9.17, 15) is 13.2 Å². The van der Waals surface area contributed by atoms with Crippen LogP contribution in [0.5, 0.6) is 5.75 Å². The maximum atomic E-state index is 12.2. The molecule has 0 radical (unpaired) electrons. The first-order valence-electron chi connectivity index (χ1n) is 6.96. The minimum Gasteiger partial charge on any atom is -0.496 e. The highest BCUT2D eigenvalue weighted by Gasteiger charge is 2.27. The van der Waals surface area contributed by atoms with Crippen molar-refractivity contribution in [3.05, 3.63) is 28.8 Å². The number of likely N-dealkylation sites (N-methyl/N-ethyl adjacent to an activating group) is 1. The third kappa shape index (κ3) is 4.11. The average Bonchev–Trinajstić information content (AvgIpc) is 2.38. The minimum absolute atomic E-state index is 0.153. The highest BCUT2D eigenvalue weighted by molar-refractivity contribution is 5.44. The number of hydrogen-bond acceptors (Lipinski definition) is 3. The quantitative estimate of drug-likeness (QED) is 0.925. The van der Waals surface area contributed by atoms with Crippen molar-refractivity contribution in [2.45, 2.75) is 38.7 Å². The molecule has 2 rings (SSSR count). The Morgan fingerprint density at radius 1 is 1.33 bits per heavy atom. The second-order valence-corrected chi connectivity index (χ2v) is 5.62. The van der Waals surface area contributed by atoms with Crippen LogP contribution >= 0.6 is 0 Å². The number of nitrogens with one attached hydrogen (secondary N) is 1. The predicted molar refractivity (Wildman–Crippen MR) is 75.4 cm³/mol. The van der Waals surface area contributed by atoms with Crippen LogP contribution in [-0.4, -0.2) is 37.8 Å². The molecule has 0 bridgehead atoms. The molecule has 1 aromatic rings. The van der Waals surface area contributed by atoms with Gasteiger partial charge in [0.1, 0.15) is 5.75 Å². The van der Waals surface area contributed by atoms with Crippen molar-refractivity contribution in [1.29, 1.82) is 0 Å². The molecular weight excluding hydrogens is 281 g/mol. The number of ether oxygens (including phenoxy) is 1. The minimum atomic E-state index is -4.20. The van der Waals surface area contributed by atoms with E-state index in [4.69, 9.17) is 4.74 Å². The number of nitrogens with zero attached hydrogens (tertiary/aromatic N) is 1. The van der Waals surface area contributed by atoms with Gasteiger partial charge in [-0.2, -0.15) is 13.2 Å². The average molecular weight is 302 g/mol. The fourth-order valence-corrected chi connectivity index (χ4v) is 2.62. The number of alkyl halides is 3. The molecule has 21 heavy (non-hydrogen) atoms. The number of rotatable bonds is 4. The highest BCUT2D eigenvalue weighted by atomic mass is 19.4. The molecule has 3 nitrogen and oxygen atoms in total. The summed E-state index contributed by atoms with van der Waals surface area (Å²) >= 11 is 0. The van der Waals surface area contributed by atoms with Crippen LogP contribution < -0.4 is 10.1 Å². The smallest absolute Gasteiger partial charge is 0.401 e. The Balaban J connectivity index is 2.16. The SMILES string of the molecule is COc1cc2c(cc1CNCC(F)(F)F)CC(C)N(C)C2. The van der Waals surface area contributed by atoms with Crippen LogP contribution in [0.25, 0.3) is 0 Å². The van der Waals surface area contributed by atoms with Gasteiger partial charge in [-0.15, -0.1) is 0 Å². The fourth-order valence-electron chi connectivity index (χ4n) is 2.62. The summed E-state index contributed by atoms with van der Waals surface area (Å²) in [5.74, 6) is 0.645. The first kappa shape index (κ1) is 16.1. The van der Waals surface area contributed by atoms with E-state index in [1.807, 2.05) is 12.1 Å². The van der Waals surface area contributed by atoms with Gasteiger partial charge >= 0.3 is 6.18 Å². The zero-order valence-corrected chi connectivity index (χ0v) is 12.5. The van der Waals surface area contributed by atoms with E-state index < -0.39 is 12.7 Å². The molecule has 1 aliphatic heterocycles. The summed E-state index contributed by atoms with van der Waals surface area (Å²) in [7, 11) is 3.61. The second kappa shape index (κ2) is 6.23. The molecule has 0 saturated carbocycles. The molecule has 0 spiro atoms. The Hall–Kier alpha value is -1.27. The summed E-state index contributed by atoms with van der Waals surface area (Å²) in [5, 5.41) is 2.43. The van der Waals surface area contributed by atoms with Gasteiger partial charge in [-0.25, -0.2) is 0 Å². The third-order valence-corrected chi connectivity index (χ3v) is 3.93. The summed E-state index contributed by atoms with van der Waals surface area (Å²) in [5.41, 5.74) is 3.16. The van der Waals surface area contributed by atoms with E-state index in [0.29, 0.717) is 11.8 Å². The van der Waals surface area contributed by atoms with Crippen molar-refractivity contribution in [3.8, 4) is 5.75 Å². The highest BCUT2D eigenvalue weighted by Crippen LogP contribution is 2.29. The van der Waals surface area contributed by atoms with Crippen LogP contribution in [0, 0.1) is 0 Å². The Labute approximate surface area is 123 Å². The van der Waals surface area contributed by atoms with Gasteiger partial charge in [0.2, 0.25) is 0 Å². The van der Waals surface area contributed by atoms with Gasteiger partial charge in [0.15, 0.2) is 0 Å². The Kier molecular flexibility index (Phi) is 4.78. The predicted octanol–water partition coefficient (Wildman–Crippen LogP) is 2.72. The molecule has 0 fully saturated rings. The molecule has 0 aliphatic carbocycles. The summed E-state index contributed by atoms with van der Waals surface area (Å²) in [4.78, 5) is 2.25. The van der Waals surface area contributed by atoms with Crippen molar-refractivity contribution < 1.29 is 17.9 Å². The van der Waals surface area contributed by atoms with Gasteiger partial charge < -0.3 is 10.1 Å². The van der Waals surface area contributed by atoms with Gasteiger partial charge in [0, 0.05) is 24.7 Å². The maximum absolute atomic E-state index is 12.2. The van der Waals surface area contributed by atoms with Crippen molar-refractivity contribution >= 4 is 0 Å². The van der Waals surface area contributed by atoms with Crippen LogP contribution in [0.3, 0.4) is 0 Å². The van der Waals surface area contributed by atoms with Crippen LogP contribution in [0.1, 0.15) is 23.6 Å². The van der Waals surface area contributed by atoms with Crippen LogP contribution in [0.4, 0.5) is 13.2 Å². The van der Waals surface area contributed by atoms with E-state index in [2.05, 4.69) is 24.2 Å². The molecule has 1 unspecified atom stereocenters. The molecular formula is C15H21F3N2O. The molecule has 1 aliphatic rings. The van der Waals surface area contributed by atoms with Gasteiger partial charge in [-0.3, -0.25) is 4.90 Å². The zero-order valence-electron chi connectivity index (χ0n) is 12.5. The molecule has 1 atom stereocenters. The number of benzene rings is 1. The van der Waals surface area contributed by atoms with E-state index in [0.717, 1.165) is 18.5 Å². The molecule has 6 heteroatoms. The van der Waals surface area contributed by atoms with Crippen LogP contribution in [0.15, 0.2) is 12.1 Å². The standard InChI is InChI=1S/C15H21F3N2O/c1-10-4-11-5-12(7-19-9-15(16,17)18)14(21-3)6-13(11)8-20(10)2/h5-6,10,19H,4,7-9H2,1-3H3. The van der Waals surface area contributed by atoms with Crippen LogP contribution in [-0.2, 0) is 19.5 Å². The lowest BCUT2D eigenvalue weighted by molar-refractivity contribution is -0.125. The van der Waals surface area contributed by atoms with Gasteiger partial charge in [0.25, 0.3) is 0 Å².